The number of aliphatic hydroxyl groups is 4. The van der Waals surface area contributed by atoms with Crippen LogP contribution < -0.4 is 0 Å². The van der Waals surface area contributed by atoms with E-state index in [1.807, 2.05) is 0 Å². The molecule has 1 heterocycles. The summed E-state index contributed by atoms with van der Waals surface area (Å²) < 4.78 is 22.9. The Labute approximate surface area is 398 Å². The van der Waals surface area contributed by atoms with Crippen molar-refractivity contribution < 1.29 is 44.2 Å². The van der Waals surface area contributed by atoms with E-state index in [0.717, 1.165) is 64.2 Å². The van der Waals surface area contributed by atoms with E-state index >= 15 is 0 Å². The third-order valence-electron chi connectivity index (χ3n) is 12.2. The van der Waals surface area contributed by atoms with Crippen molar-refractivity contribution in [3.63, 3.8) is 0 Å². The fourth-order valence-electron chi connectivity index (χ4n) is 8.01. The molecule has 0 aliphatic carbocycles. The highest BCUT2D eigenvalue weighted by molar-refractivity contribution is 5.69. The SMILES string of the molecule is CC/C=C\C/C=C\C/C=C\C/C=C\CCCCCCCCCCCCC(=O)OC(COCCCCCCCCCC/C=C\CCCCCCCCC)COC1OC(CO)C(O)C(O)C1O. The van der Waals surface area contributed by atoms with Gasteiger partial charge in [-0.25, -0.2) is 0 Å². The Bertz CT molecular complexity index is 1180. The van der Waals surface area contributed by atoms with Crippen molar-refractivity contribution in [3.05, 3.63) is 60.8 Å². The summed E-state index contributed by atoms with van der Waals surface area (Å²) in [5.41, 5.74) is 0. The molecule has 6 atom stereocenters. The van der Waals surface area contributed by atoms with E-state index in [9.17, 15) is 25.2 Å². The van der Waals surface area contributed by atoms with Gasteiger partial charge in [0.1, 0.15) is 30.5 Å². The largest absolute Gasteiger partial charge is 0.457 e. The lowest BCUT2D eigenvalue weighted by Gasteiger charge is -2.39. The number of esters is 1. The lowest BCUT2D eigenvalue weighted by Crippen LogP contribution is -2.59. The third kappa shape index (κ3) is 37.5. The average molecular weight is 917 g/mol. The van der Waals surface area contributed by atoms with Crippen LogP contribution in [0.3, 0.4) is 0 Å². The molecule has 4 N–H and O–H groups in total. The van der Waals surface area contributed by atoms with Crippen LogP contribution in [-0.4, -0.2) is 89.6 Å². The molecular weight excluding hydrogens is 817 g/mol. The molecule has 1 rings (SSSR count). The first-order valence-corrected chi connectivity index (χ1v) is 26.9. The van der Waals surface area contributed by atoms with Crippen LogP contribution in [-0.2, 0) is 23.7 Å². The van der Waals surface area contributed by atoms with Crippen molar-refractivity contribution in [2.75, 3.05) is 26.4 Å². The van der Waals surface area contributed by atoms with Crippen molar-refractivity contribution in [2.45, 2.75) is 263 Å². The molecular formula is C56H100O9. The summed E-state index contributed by atoms with van der Waals surface area (Å²) in [6, 6.07) is 0. The Balaban J connectivity index is 2.19. The third-order valence-corrected chi connectivity index (χ3v) is 12.2. The summed E-state index contributed by atoms with van der Waals surface area (Å²) in [5.74, 6) is -0.319. The first-order chi connectivity index (χ1) is 31.9. The smallest absolute Gasteiger partial charge is 0.306 e. The van der Waals surface area contributed by atoms with E-state index in [1.54, 1.807) is 0 Å². The van der Waals surface area contributed by atoms with Crippen molar-refractivity contribution in [1.29, 1.82) is 0 Å². The van der Waals surface area contributed by atoms with Gasteiger partial charge in [0.25, 0.3) is 0 Å². The van der Waals surface area contributed by atoms with E-state index in [-0.39, 0.29) is 19.2 Å². The van der Waals surface area contributed by atoms with Crippen molar-refractivity contribution in [3.8, 4) is 0 Å². The summed E-state index contributed by atoms with van der Waals surface area (Å²) >= 11 is 0. The molecule has 0 amide bonds. The summed E-state index contributed by atoms with van der Waals surface area (Å²) in [4.78, 5) is 12.9. The molecule has 6 unspecified atom stereocenters. The second-order valence-electron chi connectivity index (χ2n) is 18.3. The van der Waals surface area contributed by atoms with Crippen LogP contribution in [0.4, 0.5) is 0 Å². The predicted molar refractivity (Wildman–Crippen MR) is 270 cm³/mol. The Morgan fingerprint density at radius 1 is 0.508 bits per heavy atom. The van der Waals surface area contributed by atoms with E-state index < -0.39 is 43.4 Å². The van der Waals surface area contributed by atoms with Crippen molar-refractivity contribution in [1.82, 2.24) is 0 Å². The minimum atomic E-state index is -1.54. The molecule has 0 bridgehead atoms. The van der Waals surface area contributed by atoms with Gasteiger partial charge < -0.3 is 39.4 Å². The van der Waals surface area contributed by atoms with Crippen LogP contribution in [0.1, 0.15) is 226 Å². The minimum absolute atomic E-state index is 0.117. The zero-order valence-electron chi connectivity index (χ0n) is 41.7. The van der Waals surface area contributed by atoms with Gasteiger partial charge in [0.05, 0.1) is 19.8 Å². The van der Waals surface area contributed by atoms with Gasteiger partial charge in [-0.2, -0.15) is 0 Å². The Morgan fingerprint density at radius 3 is 1.43 bits per heavy atom. The predicted octanol–water partition coefficient (Wildman–Crippen LogP) is 13.4. The van der Waals surface area contributed by atoms with E-state index in [1.165, 1.54) is 141 Å². The maximum Gasteiger partial charge on any atom is 0.306 e. The van der Waals surface area contributed by atoms with Gasteiger partial charge >= 0.3 is 5.97 Å². The molecule has 0 saturated carbocycles. The first kappa shape index (κ1) is 60.9. The van der Waals surface area contributed by atoms with Gasteiger partial charge in [0.2, 0.25) is 0 Å². The molecule has 0 radical (unpaired) electrons. The summed E-state index contributed by atoms with van der Waals surface area (Å²) in [5, 5.41) is 40.3. The Hall–Kier alpha value is -2.11. The van der Waals surface area contributed by atoms with Crippen LogP contribution in [0.2, 0.25) is 0 Å². The van der Waals surface area contributed by atoms with Crippen LogP contribution in [0.15, 0.2) is 60.8 Å². The van der Waals surface area contributed by atoms with Gasteiger partial charge in [-0.15, -0.1) is 0 Å². The first-order valence-electron chi connectivity index (χ1n) is 26.9. The van der Waals surface area contributed by atoms with E-state index in [4.69, 9.17) is 18.9 Å². The topological polar surface area (TPSA) is 135 Å². The highest BCUT2D eigenvalue weighted by atomic mass is 16.7. The molecule has 65 heavy (non-hydrogen) atoms. The highest BCUT2D eigenvalue weighted by Gasteiger charge is 2.44. The van der Waals surface area contributed by atoms with Gasteiger partial charge in [0.15, 0.2) is 6.29 Å². The molecule has 9 nitrogen and oxygen atoms in total. The number of aliphatic hydroxyl groups excluding tert-OH is 4. The minimum Gasteiger partial charge on any atom is -0.457 e. The maximum absolute atomic E-state index is 12.9. The fourth-order valence-corrected chi connectivity index (χ4v) is 8.01. The summed E-state index contributed by atoms with van der Waals surface area (Å²) in [6.45, 7) is 4.46. The van der Waals surface area contributed by atoms with Gasteiger partial charge in [-0.1, -0.05) is 203 Å². The standard InChI is InChI=1S/C56H100O9/c1-3-5-7-9-11-13-15-17-19-21-23-24-25-26-27-29-31-33-35-37-39-41-43-45-52(58)64-50(49-63-56-55(61)54(60)53(59)51(47-57)65-56)48-62-46-44-42-40-38-36-34-32-30-28-22-20-18-16-14-12-10-8-6-4-2/h5,7,11,13,17,19-20,22-24,50-51,53-57,59-61H,3-4,6,8-10,12,14-16,18,21,25-49H2,1-2H3/b7-5-,13-11-,19-17-,22-20-,24-23-. The quantitative estimate of drug-likeness (QED) is 0.0267. The molecule has 1 aliphatic rings. The van der Waals surface area contributed by atoms with Crippen LogP contribution in [0, 0.1) is 0 Å². The monoisotopic (exact) mass is 917 g/mol. The lowest BCUT2D eigenvalue weighted by molar-refractivity contribution is -0.305. The molecule has 378 valence electrons. The lowest BCUT2D eigenvalue weighted by atomic mass is 9.99. The number of carbonyl (C=O) groups excluding carboxylic acids is 1. The molecule has 1 aliphatic heterocycles. The maximum atomic E-state index is 12.9. The van der Waals surface area contributed by atoms with Crippen molar-refractivity contribution >= 4 is 5.97 Å². The number of allylic oxidation sites excluding steroid dienone is 10. The zero-order chi connectivity index (χ0) is 47.1. The van der Waals surface area contributed by atoms with Gasteiger partial charge in [-0.3, -0.25) is 4.79 Å². The second kappa shape index (κ2) is 47.0. The number of carbonyl (C=O) groups is 1. The molecule has 9 heteroatoms. The summed E-state index contributed by atoms with van der Waals surface area (Å²) in [7, 11) is 0. The highest BCUT2D eigenvalue weighted by Crippen LogP contribution is 2.23. The number of ether oxygens (including phenoxy) is 4. The average Bonchev–Trinajstić information content (AvgIpc) is 3.31. The van der Waals surface area contributed by atoms with E-state index in [2.05, 4.69) is 74.6 Å². The van der Waals surface area contributed by atoms with Gasteiger partial charge in [0, 0.05) is 13.0 Å². The summed E-state index contributed by atoms with van der Waals surface area (Å²) in [6.07, 6.45) is 54.0. The molecule has 0 aromatic rings. The second-order valence-corrected chi connectivity index (χ2v) is 18.3. The Kier molecular flexibility index (Phi) is 44.0. The Morgan fingerprint density at radius 2 is 0.938 bits per heavy atom. The van der Waals surface area contributed by atoms with Crippen molar-refractivity contribution in [2.24, 2.45) is 0 Å². The number of hydrogen-bond acceptors (Lipinski definition) is 9. The van der Waals surface area contributed by atoms with E-state index in [0.29, 0.717) is 13.0 Å². The van der Waals surface area contributed by atoms with Gasteiger partial charge in [-0.05, 0) is 77.0 Å². The number of hydrogen-bond donors (Lipinski definition) is 4. The van der Waals surface area contributed by atoms with Crippen LogP contribution in [0.5, 0.6) is 0 Å². The zero-order valence-corrected chi connectivity index (χ0v) is 41.7. The molecule has 0 aromatic heterocycles. The van der Waals surface area contributed by atoms with Crippen LogP contribution >= 0.6 is 0 Å². The fraction of sp³-hybridized carbons (Fsp3) is 0.804. The molecule has 1 saturated heterocycles. The number of rotatable bonds is 46. The molecule has 0 spiro atoms. The molecule has 0 aromatic carbocycles. The van der Waals surface area contributed by atoms with Crippen LogP contribution in [0.25, 0.3) is 0 Å². The number of unbranched alkanes of at least 4 members (excludes halogenated alkanes) is 25. The normalized spacial score (nSPS) is 19.9. The molecule has 1 fully saturated rings.